The van der Waals surface area contributed by atoms with Gasteiger partial charge in [0.05, 0.1) is 0 Å². The van der Waals surface area contributed by atoms with Gasteiger partial charge in [0, 0.05) is 29.3 Å². The zero-order chi connectivity index (χ0) is 12.4. The van der Waals surface area contributed by atoms with Crippen LogP contribution in [0.4, 0.5) is 5.69 Å². The van der Waals surface area contributed by atoms with Crippen LogP contribution in [0.25, 0.3) is 10.9 Å². The fraction of sp³-hybridized carbons (Fsp3) is 0.250. The molecule has 0 fully saturated rings. The molecule has 2 nitrogen and oxygen atoms in total. The summed E-state index contributed by atoms with van der Waals surface area (Å²) in [7, 11) is 0. The lowest BCUT2D eigenvalue weighted by Crippen LogP contribution is -2.04. The Labute approximate surface area is 107 Å². The number of nitrogens with zero attached hydrogens (tertiary/aromatic N) is 1. The monoisotopic (exact) mass is 238 g/mol. The van der Waals surface area contributed by atoms with Gasteiger partial charge in [-0.15, -0.1) is 0 Å². The maximum atomic E-state index is 5.80. The van der Waals surface area contributed by atoms with Crippen molar-refractivity contribution < 1.29 is 0 Å². The van der Waals surface area contributed by atoms with Crippen LogP contribution in [0.3, 0.4) is 0 Å². The first-order chi connectivity index (χ1) is 8.83. The van der Waals surface area contributed by atoms with E-state index in [2.05, 4.69) is 47.2 Å². The topological polar surface area (TPSA) is 30.9 Å². The molecule has 2 N–H and O–H groups in total. The molecule has 0 bridgehead atoms. The molecule has 92 valence electrons. The number of benzene rings is 1. The molecule has 1 aromatic heterocycles. The number of anilines is 1. The average molecular weight is 238 g/mol. The first-order valence-corrected chi connectivity index (χ1v) is 6.50. The lowest BCUT2D eigenvalue weighted by Gasteiger charge is -2.13. The van der Waals surface area contributed by atoms with E-state index in [4.69, 9.17) is 5.73 Å². The fourth-order valence-electron chi connectivity index (χ4n) is 2.56. The second-order valence-corrected chi connectivity index (χ2v) is 4.92. The number of aryl methyl sites for hydroxylation is 1. The van der Waals surface area contributed by atoms with Gasteiger partial charge in [-0.05, 0) is 43.0 Å². The van der Waals surface area contributed by atoms with E-state index in [9.17, 15) is 0 Å². The molecule has 1 aromatic carbocycles. The third-order valence-electron chi connectivity index (χ3n) is 3.61. The predicted molar refractivity (Wildman–Crippen MR) is 77.4 cm³/mol. The van der Waals surface area contributed by atoms with Gasteiger partial charge in [-0.3, -0.25) is 0 Å². The van der Waals surface area contributed by atoms with Gasteiger partial charge in [-0.2, -0.15) is 0 Å². The normalized spacial score (nSPS) is 18.6. The maximum absolute atomic E-state index is 5.80. The van der Waals surface area contributed by atoms with Crippen molar-refractivity contribution in [3.63, 3.8) is 0 Å². The Morgan fingerprint density at radius 3 is 3.00 bits per heavy atom. The van der Waals surface area contributed by atoms with Crippen LogP contribution in [0.1, 0.15) is 12.8 Å². The van der Waals surface area contributed by atoms with Crippen molar-refractivity contribution in [1.29, 1.82) is 0 Å². The highest BCUT2D eigenvalue weighted by Gasteiger charge is 2.07. The van der Waals surface area contributed by atoms with Crippen LogP contribution in [0.15, 0.2) is 54.8 Å². The van der Waals surface area contributed by atoms with Crippen molar-refractivity contribution in [2.24, 2.45) is 5.92 Å². The van der Waals surface area contributed by atoms with Gasteiger partial charge in [-0.1, -0.05) is 24.3 Å². The molecule has 1 aliphatic carbocycles. The molecule has 2 heteroatoms. The van der Waals surface area contributed by atoms with Crippen molar-refractivity contribution in [3.8, 4) is 0 Å². The molecule has 1 unspecified atom stereocenters. The highest BCUT2D eigenvalue weighted by Crippen LogP contribution is 2.21. The summed E-state index contributed by atoms with van der Waals surface area (Å²) < 4.78 is 2.32. The Morgan fingerprint density at radius 2 is 2.17 bits per heavy atom. The number of allylic oxidation sites excluding steroid dienone is 4. The van der Waals surface area contributed by atoms with Crippen molar-refractivity contribution >= 4 is 16.6 Å². The van der Waals surface area contributed by atoms with Crippen molar-refractivity contribution in [2.75, 3.05) is 5.73 Å². The van der Waals surface area contributed by atoms with Crippen LogP contribution in [0.2, 0.25) is 0 Å². The smallest absolute Gasteiger partial charge is 0.0481 e. The van der Waals surface area contributed by atoms with Crippen LogP contribution in [0, 0.1) is 5.92 Å². The van der Waals surface area contributed by atoms with Gasteiger partial charge in [0.2, 0.25) is 0 Å². The molecule has 0 radical (unpaired) electrons. The number of nitrogens with two attached hydrogens (primary N) is 1. The van der Waals surface area contributed by atoms with Crippen LogP contribution in [-0.4, -0.2) is 4.57 Å². The van der Waals surface area contributed by atoms with Crippen LogP contribution < -0.4 is 5.73 Å². The third kappa shape index (κ3) is 2.19. The van der Waals surface area contributed by atoms with E-state index < -0.39 is 0 Å². The van der Waals surface area contributed by atoms with Crippen LogP contribution >= 0.6 is 0 Å². The predicted octanol–water partition coefficient (Wildman–Crippen LogP) is 3.75. The van der Waals surface area contributed by atoms with Crippen LogP contribution in [-0.2, 0) is 6.54 Å². The highest BCUT2D eigenvalue weighted by molar-refractivity contribution is 5.83. The molecular formula is C16H18N2. The summed E-state index contributed by atoms with van der Waals surface area (Å²) in [5.41, 5.74) is 7.91. The van der Waals surface area contributed by atoms with E-state index >= 15 is 0 Å². The molecule has 18 heavy (non-hydrogen) atoms. The lowest BCUT2D eigenvalue weighted by molar-refractivity contribution is 0.532. The molecule has 2 aromatic rings. The lowest BCUT2D eigenvalue weighted by atomic mass is 9.97. The summed E-state index contributed by atoms with van der Waals surface area (Å²) in [5, 5.41) is 1.23. The van der Waals surface area contributed by atoms with Gasteiger partial charge < -0.3 is 10.3 Å². The molecule has 1 atom stereocenters. The van der Waals surface area contributed by atoms with Gasteiger partial charge >= 0.3 is 0 Å². The minimum atomic E-state index is 0.682. The first-order valence-electron chi connectivity index (χ1n) is 6.50. The van der Waals surface area contributed by atoms with E-state index in [0.717, 1.165) is 12.2 Å². The molecule has 0 saturated heterocycles. The van der Waals surface area contributed by atoms with E-state index in [-0.39, 0.29) is 0 Å². The summed E-state index contributed by atoms with van der Waals surface area (Å²) in [6.07, 6.45) is 13.4. The highest BCUT2D eigenvalue weighted by atomic mass is 14.9. The Hall–Kier alpha value is -1.96. The standard InChI is InChI=1S/C16H18N2/c17-15-6-7-16-14(12-15)9-11-18(16)10-8-13-4-2-1-3-5-13/h1-4,6-7,9,11-13H,5,8,10,17H2. The van der Waals surface area contributed by atoms with Gasteiger partial charge in [0.15, 0.2) is 0 Å². The average Bonchev–Trinajstić information content (AvgIpc) is 2.80. The molecule has 0 saturated carbocycles. The van der Waals surface area contributed by atoms with Gasteiger partial charge in [-0.25, -0.2) is 0 Å². The summed E-state index contributed by atoms with van der Waals surface area (Å²) in [4.78, 5) is 0. The zero-order valence-corrected chi connectivity index (χ0v) is 10.4. The fourth-order valence-corrected chi connectivity index (χ4v) is 2.56. The Kier molecular flexibility index (Phi) is 2.93. The Morgan fingerprint density at radius 1 is 1.22 bits per heavy atom. The van der Waals surface area contributed by atoms with Gasteiger partial charge in [0.1, 0.15) is 0 Å². The number of aromatic nitrogens is 1. The number of nitrogen functional groups attached to an aromatic ring is 1. The quantitative estimate of drug-likeness (QED) is 0.811. The minimum absolute atomic E-state index is 0.682. The Bertz CT molecular complexity index is 605. The van der Waals surface area contributed by atoms with Crippen molar-refractivity contribution in [1.82, 2.24) is 4.57 Å². The molecule has 0 spiro atoms. The number of rotatable bonds is 3. The number of hydrogen-bond acceptors (Lipinski definition) is 1. The molecular weight excluding hydrogens is 220 g/mol. The SMILES string of the molecule is Nc1ccc2c(ccn2CCC2C=CC=CC2)c1. The number of fused-ring (bicyclic) bond motifs is 1. The van der Waals surface area contributed by atoms with E-state index in [1.807, 2.05) is 12.1 Å². The Balaban J connectivity index is 1.74. The van der Waals surface area contributed by atoms with E-state index in [1.165, 1.54) is 23.7 Å². The van der Waals surface area contributed by atoms with Crippen LogP contribution in [0.5, 0.6) is 0 Å². The second kappa shape index (κ2) is 4.73. The minimum Gasteiger partial charge on any atom is -0.399 e. The summed E-state index contributed by atoms with van der Waals surface area (Å²) >= 11 is 0. The number of hydrogen-bond donors (Lipinski definition) is 1. The summed E-state index contributed by atoms with van der Waals surface area (Å²) in [5.74, 6) is 0.682. The summed E-state index contributed by atoms with van der Waals surface area (Å²) in [6, 6.07) is 8.26. The largest absolute Gasteiger partial charge is 0.399 e. The van der Waals surface area contributed by atoms with Crippen molar-refractivity contribution in [3.05, 3.63) is 54.8 Å². The maximum Gasteiger partial charge on any atom is 0.0481 e. The molecule has 0 aliphatic heterocycles. The van der Waals surface area contributed by atoms with E-state index in [0.29, 0.717) is 5.92 Å². The second-order valence-electron chi connectivity index (χ2n) is 4.92. The third-order valence-corrected chi connectivity index (χ3v) is 3.61. The molecule has 1 heterocycles. The zero-order valence-electron chi connectivity index (χ0n) is 10.4. The van der Waals surface area contributed by atoms with E-state index in [1.54, 1.807) is 0 Å². The summed E-state index contributed by atoms with van der Waals surface area (Å²) in [6.45, 7) is 1.07. The first kappa shape index (κ1) is 11.1. The molecule has 1 aliphatic rings. The van der Waals surface area contributed by atoms with Crippen molar-refractivity contribution in [2.45, 2.75) is 19.4 Å². The van der Waals surface area contributed by atoms with Gasteiger partial charge in [0.25, 0.3) is 0 Å². The molecule has 3 rings (SSSR count). The molecule has 0 amide bonds.